The van der Waals surface area contributed by atoms with Gasteiger partial charge in [0, 0.05) is 18.7 Å². The van der Waals surface area contributed by atoms with Crippen LogP contribution in [0.4, 0.5) is 4.39 Å². The van der Waals surface area contributed by atoms with Crippen LogP contribution >= 0.6 is 11.6 Å². The lowest BCUT2D eigenvalue weighted by Crippen LogP contribution is -2.31. The monoisotopic (exact) mass is 445 g/mol. The Morgan fingerprint density at radius 3 is 2.71 bits per heavy atom. The lowest BCUT2D eigenvalue weighted by atomic mass is 9.97. The quantitative estimate of drug-likeness (QED) is 0.775. The van der Waals surface area contributed by atoms with Crippen LogP contribution in [0.1, 0.15) is 59.7 Å². The number of aryl methyl sites for hydroxylation is 2. The fourth-order valence-electron chi connectivity index (χ4n) is 4.21. The molecule has 3 N–H and O–H groups in total. The molecule has 0 saturated heterocycles. The first kappa shape index (κ1) is 21.6. The predicted octanol–water partition coefficient (Wildman–Crippen LogP) is 3.84. The molecule has 1 fully saturated rings. The standard InChI is InChI=1S/C23H26ClFN4O2/c1-13-21(24)14(2)28-22(27-13)18-11-29(12-19(18)26)23(30)17-9-8-15(25)10-20(17)31-16-6-4-3-5-7-16/h8-10,16H,3-7,11-12,26H2,1-2H3/p+1. The predicted molar refractivity (Wildman–Crippen MR) is 116 cm³/mol. The van der Waals surface area contributed by atoms with E-state index in [1.165, 1.54) is 24.6 Å². The third kappa shape index (κ3) is 4.51. The minimum absolute atomic E-state index is 0.0123. The summed E-state index contributed by atoms with van der Waals surface area (Å²) in [5.74, 6) is 0.232. The van der Waals surface area contributed by atoms with E-state index in [1.54, 1.807) is 4.90 Å². The van der Waals surface area contributed by atoms with E-state index in [2.05, 4.69) is 9.97 Å². The molecule has 6 nitrogen and oxygen atoms in total. The Labute approximate surface area is 186 Å². The maximum atomic E-state index is 13.9. The van der Waals surface area contributed by atoms with Gasteiger partial charge in [0.15, 0.2) is 5.69 Å². The number of ether oxygens (including phenoxy) is 1. The number of aromatic amines is 1. The molecule has 1 aromatic heterocycles. The van der Waals surface area contributed by atoms with Crippen LogP contribution < -0.4 is 15.5 Å². The minimum atomic E-state index is -0.423. The molecule has 0 radical (unpaired) electrons. The first-order chi connectivity index (χ1) is 14.8. The number of hydrogen-bond donors (Lipinski definition) is 1. The third-order valence-corrected chi connectivity index (χ3v) is 6.48. The van der Waals surface area contributed by atoms with Gasteiger partial charge in [0.25, 0.3) is 5.91 Å². The average Bonchev–Trinajstić information content (AvgIpc) is 3.14. The van der Waals surface area contributed by atoms with E-state index in [4.69, 9.17) is 22.1 Å². The Morgan fingerprint density at radius 2 is 2.00 bits per heavy atom. The molecule has 2 heterocycles. The number of H-pyrrole nitrogens is 1. The maximum Gasteiger partial charge on any atom is 0.328 e. The maximum absolute atomic E-state index is 13.9. The van der Waals surface area contributed by atoms with Crippen molar-refractivity contribution in [3.05, 3.63) is 57.5 Å². The van der Waals surface area contributed by atoms with Gasteiger partial charge in [-0.05, 0) is 49.7 Å². The molecular weight excluding hydrogens is 419 g/mol. The second-order valence-corrected chi connectivity index (χ2v) is 8.67. The Hall–Kier alpha value is -2.67. The zero-order chi connectivity index (χ0) is 22.1. The molecule has 0 unspecified atom stereocenters. The molecule has 1 amide bonds. The zero-order valence-corrected chi connectivity index (χ0v) is 18.6. The number of nitrogens with zero attached hydrogens (tertiary/aromatic N) is 2. The number of carbonyl (C=O) groups excluding carboxylic acids is 1. The average molecular weight is 446 g/mol. The highest BCUT2D eigenvalue weighted by molar-refractivity contribution is 6.31. The molecule has 2 aromatic rings. The van der Waals surface area contributed by atoms with E-state index in [0.717, 1.165) is 37.0 Å². The van der Waals surface area contributed by atoms with Crippen LogP contribution in [0.2, 0.25) is 5.02 Å². The van der Waals surface area contributed by atoms with Gasteiger partial charge in [-0.15, -0.1) is 0 Å². The van der Waals surface area contributed by atoms with Crippen LogP contribution in [0, 0.1) is 19.7 Å². The second kappa shape index (κ2) is 8.83. The Kier molecular flexibility index (Phi) is 6.14. The number of carbonyl (C=O) groups is 1. The normalized spacial score (nSPS) is 17.4. The highest BCUT2D eigenvalue weighted by Gasteiger charge is 2.33. The van der Waals surface area contributed by atoms with Crippen LogP contribution in [-0.2, 0) is 0 Å². The smallest absolute Gasteiger partial charge is 0.328 e. The molecule has 1 aromatic carbocycles. The highest BCUT2D eigenvalue weighted by Crippen LogP contribution is 2.30. The van der Waals surface area contributed by atoms with Crippen molar-refractivity contribution in [2.75, 3.05) is 13.1 Å². The highest BCUT2D eigenvalue weighted by atomic mass is 35.5. The molecule has 164 valence electrons. The summed E-state index contributed by atoms with van der Waals surface area (Å²) >= 11 is 6.21. The van der Waals surface area contributed by atoms with Gasteiger partial charge >= 0.3 is 5.82 Å². The third-order valence-electron chi connectivity index (χ3n) is 5.92. The van der Waals surface area contributed by atoms with Crippen molar-refractivity contribution < 1.29 is 18.9 Å². The van der Waals surface area contributed by atoms with Crippen molar-refractivity contribution in [3.8, 4) is 5.75 Å². The van der Waals surface area contributed by atoms with Crippen molar-refractivity contribution in [3.63, 3.8) is 0 Å². The summed E-state index contributed by atoms with van der Waals surface area (Å²) in [6.45, 7) is 4.26. The molecule has 8 heteroatoms. The van der Waals surface area contributed by atoms with E-state index < -0.39 is 5.82 Å². The molecular formula is C23H27ClFN4O2+. The fraction of sp³-hybridized carbons (Fsp3) is 0.435. The summed E-state index contributed by atoms with van der Waals surface area (Å²) in [6.07, 6.45) is 5.21. The Morgan fingerprint density at radius 1 is 1.26 bits per heavy atom. The molecule has 31 heavy (non-hydrogen) atoms. The summed E-state index contributed by atoms with van der Waals surface area (Å²) in [7, 11) is 0. The Bertz CT molecular complexity index is 1030. The molecule has 0 atom stereocenters. The summed E-state index contributed by atoms with van der Waals surface area (Å²) in [6, 6.07) is 4.08. The van der Waals surface area contributed by atoms with Gasteiger partial charge in [-0.3, -0.25) is 4.79 Å². The summed E-state index contributed by atoms with van der Waals surface area (Å²) < 4.78 is 20.0. The number of aromatic nitrogens is 2. The number of nitrogens with one attached hydrogen (secondary N) is 1. The van der Waals surface area contributed by atoms with Crippen LogP contribution in [0.15, 0.2) is 23.9 Å². The summed E-state index contributed by atoms with van der Waals surface area (Å²) in [5.41, 5.74) is 9.42. The second-order valence-electron chi connectivity index (χ2n) is 8.29. The number of amides is 1. The van der Waals surface area contributed by atoms with E-state index in [0.29, 0.717) is 40.1 Å². The van der Waals surface area contributed by atoms with Gasteiger partial charge in [0.1, 0.15) is 22.3 Å². The summed E-state index contributed by atoms with van der Waals surface area (Å²) in [5, 5.41) is 0.574. The first-order valence-electron chi connectivity index (χ1n) is 10.6. The van der Waals surface area contributed by atoms with E-state index >= 15 is 0 Å². The number of hydrogen-bond acceptors (Lipinski definition) is 4. The van der Waals surface area contributed by atoms with Gasteiger partial charge < -0.3 is 15.4 Å². The van der Waals surface area contributed by atoms with Gasteiger partial charge in [-0.1, -0.05) is 18.0 Å². The van der Waals surface area contributed by atoms with E-state index in [-0.39, 0.29) is 18.6 Å². The largest absolute Gasteiger partial charge is 0.489 e. The van der Waals surface area contributed by atoms with E-state index in [1.807, 2.05) is 13.8 Å². The SMILES string of the molecule is Cc1nc(C2=C(N)CN(C(=O)c3ccc(F)cc3OC3CCCCC3)C2)[nH+]c(C)c1Cl. The lowest BCUT2D eigenvalue weighted by molar-refractivity contribution is -0.396. The molecule has 1 saturated carbocycles. The lowest BCUT2D eigenvalue weighted by Gasteiger charge is -2.25. The van der Waals surface area contributed by atoms with Gasteiger partial charge in [0.05, 0.1) is 30.3 Å². The van der Waals surface area contributed by atoms with Gasteiger partial charge in [0.2, 0.25) is 0 Å². The van der Waals surface area contributed by atoms with E-state index in [9.17, 15) is 9.18 Å². The van der Waals surface area contributed by atoms with Crippen molar-refractivity contribution >= 4 is 23.1 Å². The van der Waals surface area contributed by atoms with Crippen LogP contribution in [0.5, 0.6) is 5.75 Å². The molecule has 2 aliphatic rings. The van der Waals surface area contributed by atoms with Crippen molar-refractivity contribution in [2.24, 2.45) is 5.73 Å². The molecule has 0 spiro atoms. The summed E-state index contributed by atoms with van der Waals surface area (Å²) in [4.78, 5) is 22.6. The molecule has 0 bridgehead atoms. The molecule has 1 aliphatic heterocycles. The molecule has 1 aliphatic carbocycles. The number of benzene rings is 1. The van der Waals surface area contributed by atoms with Gasteiger partial charge in [-0.2, -0.15) is 0 Å². The van der Waals surface area contributed by atoms with Crippen molar-refractivity contribution in [1.82, 2.24) is 9.88 Å². The number of rotatable bonds is 4. The number of halogens is 2. The first-order valence-corrected chi connectivity index (χ1v) is 11.0. The van der Waals surface area contributed by atoms with Crippen LogP contribution in [0.25, 0.3) is 5.57 Å². The van der Waals surface area contributed by atoms with Crippen LogP contribution in [-0.4, -0.2) is 35.0 Å². The molecule has 4 rings (SSSR count). The number of nitrogens with two attached hydrogens (primary N) is 1. The van der Waals surface area contributed by atoms with Crippen LogP contribution in [0.3, 0.4) is 0 Å². The van der Waals surface area contributed by atoms with Crippen molar-refractivity contribution in [2.45, 2.75) is 52.1 Å². The van der Waals surface area contributed by atoms with Gasteiger partial charge in [-0.25, -0.2) is 9.37 Å². The minimum Gasteiger partial charge on any atom is -0.489 e. The van der Waals surface area contributed by atoms with Crippen molar-refractivity contribution in [1.29, 1.82) is 0 Å². The zero-order valence-electron chi connectivity index (χ0n) is 17.8. The fourth-order valence-corrected chi connectivity index (χ4v) is 4.30. The Balaban J connectivity index is 1.56. The topological polar surface area (TPSA) is 82.6 Å².